The SMILES string of the molecule is CSc1nc(C(=O)Nc2ccc(Cl)cn2)c(NC(=O)C2CCN(C(C)C)CC2)s1. The number of rotatable bonds is 6. The molecule has 0 aromatic carbocycles. The molecule has 1 aliphatic rings. The summed E-state index contributed by atoms with van der Waals surface area (Å²) in [7, 11) is 0. The predicted molar refractivity (Wildman–Crippen MR) is 119 cm³/mol. The van der Waals surface area contributed by atoms with Crippen molar-refractivity contribution in [3.8, 4) is 0 Å². The number of piperidine rings is 1. The number of amides is 2. The first-order valence-electron chi connectivity index (χ1n) is 9.40. The lowest BCUT2D eigenvalue weighted by atomic mass is 9.95. The quantitative estimate of drug-likeness (QED) is 0.636. The number of carbonyl (C=O) groups excluding carboxylic acids is 2. The third-order valence-corrected chi connectivity index (χ3v) is 7.01. The Morgan fingerprint density at radius 3 is 2.59 bits per heavy atom. The van der Waals surface area contributed by atoms with E-state index < -0.39 is 5.91 Å². The summed E-state index contributed by atoms with van der Waals surface area (Å²) >= 11 is 8.57. The Kier molecular flexibility index (Phi) is 7.50. The summed E-state index contributed by atoms with van der Waals surface area (Å²) in [5, 5.41) is 6.59. The topological polar surface area (TPSA) is 87.2 Å². The van der Waals surface area contributed by atoms with Gasteiger partial charge >= 0.3 is 0 Å². The van der Waals surface area contributed by atoms with Gasteiger partial charge in [-0.15, -0.1) is 0 Å². The van der Waals surface area contributed by atoms with Gasteiger partial charge in [-0.3, -0.25) is 9.59 Å². The van der Waals surface area contributed by atoms with Gasteiger partial charge in [0.05, 0.1) is 5.02 Å². The lowest BCUT2D eigenvalue weighted by molar-refractivity contribution is -0.121. The van der Waals surface area contributed by atoms with Crippen LogP contribution in [0.15, 0.2) is 22.7 Å². The minimum Gasteiger partial charge on any atom is -0.315 e. The second-order valence-electron chi connectivity index (χ2n) is 7.07. The lowest BCUT2D eigenvalue weighted by Gasteiger charge is -2.33. The third-order valence-electron chi connectivity index (χ3n) is 4.83. The van der Waals surface area contributed by atoms with E-state index in [2.05, 4.69) is 39.3 Å². The van der Waals surface area contributed by atoms with E-state index in [0.717, 1.165) is 25.9 Å². The molecule has 0 unspecified atom stereocenters. The summed E-state index contributed by atoms with van der Waals surface area (Å²) in [6, 6.07) is 3.74. The van der Waals surface area contributed by atoms with Crippen LogP contribution in [-0.4, -0.2) is 52.1 Å². The summed E-state index contributed by atoms with van der Waals surface area (Å²) in [6.07, 6.45) is 4.97. The molecule has 0 aliphatic carbocycles. The molecule has 0 bridgehead atoms. The molecule has 7 nitrogen and oxygen atoms in total. The Bertz CT molecular complexity index is 864. The Morgan fingerprint density at radius 2 is 2.00 bits per heavy atom. The standard InChI is InChI=1S/C19H24ClN5O2S2/c1-11(2)25-8-6-12(7-9-25)16(26)24-18-15(23-19(28-3)29-18)17(27)22-14-5-4-13(20)10-21-14/h4-5,10-12H,6-9H2,1-3H3,(H,24,26)(H,21,22,27). The van der Waals surface area contributed by atoms with E-state index in [1.54, 1.807) is 12.1 Å². The van der Waals surface area contributed by atoms with Crippen molar-refractivity contribution in [2.75, 3.05) is 30.0 Å². The van der Waals surface area contributed by atoms with Gasteiger partial charge in [0.25, 0.3) is 5.91 Å². The van der Waals surface area contributed by atoms with Gasteiger partial charge in [0.2, 0.25) is 5.91 Å². The van der Waals surface area contributed by atoms with Crippen molar-refractivity contribution in [2.24, 2.45) is 5.92 Å². The fraction of sp³-hybridized carbons (Fsp3) is 0.474. The molecule has 3 rings (SSSR count). The molecule has 2 aromatic heterocycles. The van der Waals surface area contributed by atoms with E-state index in [9.17, 15) is 9.59 Å². The minimum absolute atomic E-state index is 0.0524. The van der Waals surface area contributed by atoms with E-state index in [1.165, 1.54) is 29.3 Å². The fourth-order valence-corrected chi connectivity index (χ4v) is 4.72. The third kappa shape index (κ3) is 5.69. The maximum atomic E-state index is 12.8. The van der Waals surface area contributed by atoms with Gasteiger partial charge in [0.15, 0.2) is 10.0 Å². The first-order valence-corrected chi connectivity index (χ1v) is 11.8. The number of thioether (sulfide) groups is 1. The summed E-state index contributed by atoms with van der Waals surface area (Å²) < 4.78 is 0.712. The highest BCUT2D eigenvalue weighted by molar-refractivity contribution is 8.00. The van der Waals surface area contributed by atoms with Gasteiger partial charge in [-0.25, -0.2) is 9.97 Å². The number of nitrogens with zero attached hydrogens (tertiary/aromatic N) is 3. The summed E-state index contributed by atoms with van der Waals surface area (Å²) in [5.41, 5.74) is 0.198. The van der Waals surface area contributed by atoms with Crippen molar-refractivity contribution in [1.82, 2.24) is 14.9 Å². The maximum Gasteiger partial charge on any atom is 0.278 e. The van der Waals surface area contributed by atoms with Crippen molar-refractivity contribution in [3.05, 3.63) is 29.0 Å². The normalized spacial score (nSPS) is 15.5. The molecule has 3 heterocycles. The van der Waals surface area contributed by atoms with Crippen LogP contribution in [0.2, 0.25) is 5.02 Å². The highest BCUT2D eigenvalue weighted by atomic mass is 35.5. The first-order chi connectivity index (χ1) is 13.9. The number of hydrogen-bond acceptors (Lipinski definition) is 7. The number of nitrogens with one attached hydrogen (secondary N) is 2. The summed E-state index contributed by atoms with van der Waals surface area (Å²) in [4.78, 5) is 36.3. The highest BCUT2D eigenvalue weighted by Crippen LogP contribution is 2.32. The molecule has 1 fully saturated rings. The lowest BCUT2D eigenvalue weighted by Crippen LogP contribution is -2.41. The molecule has 1 aliphatic heterocycles. The van der Waals surface area contributed by atoms with E-state index in [4.69, 9.17) is 11.6 Å². The van der Waals surface area contributed by atoms with Crippen molar-refractivity contribution in [3.63, 3.8) is 0 Å². The average molecular weight is 454 g/mol. The van der Waals surface area contributed by atoms with Crippen LogP contribution in [0.3, 0.4) is 0 Å². The predicted octanol–water partition coefficient (Wildman–Crippen LogP) is 4.22. The monoisotopic (exact) mass is 453 g/mol. The molecule has 2 aromatic rings. The first kappa shape index (κ1) is 22.0. The van der Waals surface area contributed by atoms with E-state index in [0.29, 0.717) is 26.2 Å². The number of likely N-dealkylation sites (tertiary alicyclic amines) is 1. The summed E-state index contributed by atoms with van der Waals surface area (Å²) in [6.45, 7) is 6.15. The van der Waals surface area contributed by atoms with Crippen LogP contribution in [0.25, 0.3) is 0 Å². The molecular formula is C19H24ClN5O2S2. The fourth-order valence-electron chi connectivity index (χ4n) is 3.14. The molecule has 0 spiro atoms. The van der Waals surface area contributed by atoms with Gasteiger partial charge in [-0.2, -0.15) is 0 Å². The molecule has 156 valence electrons. The highest BCUT2D eigenvalue weighted by Gasteiger charge is 2.28. The number of thiazole rings is 1. The Balaban J connectivity index is 1.69. The zero-order valence-corrected chi connectivity index (χ0v) is 19.0. The molecule has 10 heteroatoms. The molecule has 0 radical (unpaired) electrons. The largest absolute Gasteiger partial charge is 0.315 e. The molecule has 2 N–H and O–H groups in total. The number of hydrogen-bond donors (Lipinski definition) is 2. The van der Waals surface area contributed by atoms with E-state index in [-0.39, 0.29) is 17.5 Å². The van der Waals surface area contributed by atoms with Gasteiger partial charge in [0, 0.05) is 18.2 Å². The maximum absolute atomic E-state index is 12.8. The molecule has 0 atom stereocenters. The van der Waals surface area contributed by atoms with Crippen LogP contribution in [0.5, 0.6) is 0 Å². The zero-order valence-electron chi connectivity index (χ0n) is 16.6. The van der Waals surface area contributed by atoms with Gasteiger partial charge < -0.3 is 15.5 Å². The van der Waals surface area contributed by atoms with Crippen LogP contribution in [0, 0.1) is 5.92 Å². The zero-order chi connectivity index (χ0) is 21.0. The second kappa shape index (κ2) is 9.88. The summed E-state index contributed by atoms with van der Waals surface area (Å²) in [5.74, 6) is -0.153. The second-order valence-corrected chi connectivity index (χ2v) is 9.56. The van der Waals surface area contributed by atoms with E-state index >= 15 is 0 Å². The van der Waals surface area contributed by atoms with Gasteiger partial charge in [-0.05, 0) is 58.2 Å². The number of aromatic nitrogens is 2. The van der Waals surface area contributed by atoms with Gasteiger partial charge in [-0.1, -0.05) is 34.7 Å². The average Bonchev–Trinajstić information content (AvgIpc) is 3.12. The number of halogens is 1. The molecular weight excluding hydrogens is 430 g/mol. The van der Waals surface area contributed by atoms with Crippen LogP contribution in [-0.2, 0) is 4.79 Å². The minimum atomic E-state index is -0.415. The van der Waals surface area contributed by atoms with E-state index in [1.807, 2.05) is 6.26 Å². The molecule has 2 amide bonds. The van der Waals surface area contributed by atoms with Crippen LogP contribution in [0.1, 0.15) is 37.2 Å². The van der Waals surface area contributed by atoms with Crippen LogP contribution >= 0.6 is 34.7 Å². The van der Waals surface area contributed by atoms with Crippen molar-refractivity contribution in [1.29, 1.82) is 0 Å². The Labute approximate surface area is 183 Å². The molecule has 29 heavy (non-hydrogen) atoms. The van der Waals surface area contributed by atoms with Gasteiger partial charge in [0.1, 0.15) is 10.8 Å². The smallest absolute Gasteiger partial charge is 0.278 e. The van der Waals surface area contributed by atoms with Crippen molar-refractivity contribution >= 4 is 57.3 Å². The Hall–Kier alpha value is -1.68. The number of carbonyl (C=O) groups is 2. The van der Waals surface area contributed by atoms with Crippen LogP contribution < -0.4 is 10.6 Å². The molecule has 1 saturated heterocycles. The van der Waals surface area contributed by atoms with Crippen molar-refractivity contribution in [2.45, 2.75) is 37.1 Å². The molecule has 0 saturated carbocycles. The van der Waals surface area contributed by atoms with Crippen molar-refractivity contribution < 1.29 is 9.59 Å². The number of pyridine rings is 1. The Morgan fingerprint density at radius 1 is 1.28 bits per heavy atom. The van der Waals surface area contributed by atoms with Crippen LogP contribution in [0.4, 0.5) is 10.8 Å². The number of anilines is 2.